The van der Waals surface area contributed by atoms with Gasteiger partial charge in [-0.15, -0.1) is 0 Å². The average molecular weight is 251 g/mol. The molecule has 18 heavy (non-hydrogen) atoms. The van der Waals surface area contributed by atoms with Crippen LogP contribution in [0.15, 0.2) is 16.5 Å². The summed E-state index contributed by atoms with van der Waals surface area (Å²) in [6.07, 6.45) is 0. The van der Waals surface area contributed by atoms with E-state index in [9.17, 15) is 4.79 Å². The van der Waals surface area contributed by atoms with Crippen molar-refractivity contribution in [3.8, 4) is 0 Å². The van der Waals surface area contributed by atoms with Crippen molar-refractivity contribution in [1.82, 2.24) is 9.80 Å². The Kier molecular flexibility index (Phi) is 4.04. The van der Waals surface area contributed by atoms with E-state index < -0.39 is 0 Å². The second-order valence-electron chi connectivity index (χ2n) is 4.70. The minimum Gasteiger partial charge on any atom is -0.455 e. The zero-order chi connectivity index (χ0) is 13.1. The van der Waals surface area contributed by atoms with Gasteiger partial charge in [0.1, 0.15) is 5.76 Å². The maximum absolute atomic E-state index is 12.2. The fraction of sp³-hybridized carbons (Fsp3) is 0.615. The summed E-state index contributed by atoms with van der Waals surface area (Å²) >= 11 is 0. The molecular weight excluding hydrogens is 230 g/mol. The average Bonchev–Trinajstić information content (AvgIpc) is 2.86. The van der Waals surface area contributed by atoms with Crippen LogP contribution >= 0.6 is 0 Å². The molecule has 1 aromatic heterocycles. The SMILES string of the molecule is CCN1CCN(C(=O)c2ccc(CN)o2)CC1C. The molecule has 2 N–H and O–H groups in total. The molecule has 1 aromatic rings. The number of furan rings is 1. The first-order valence-electron chi connectivity index (χ1n) is 6.47. The van der Waals surface area contributed by atoms with E-state index in [0.29, 0.717) is 24.1 Å². The van der Waals surface area contributed by atoms with E-state index in [2.05, 4.69) is 18.7 Å². The largest absolute Gasteiger partial charge is 0.455 e. The summed E-state index contributed by atoms with van der Waals surface area (Å²) in [5.41, 5.74) is 5.47. The van der Waals surface area contributed by atoms with Gasteiger partial charge >= 0.3 is 0 Å². The number of nitrogens with two attached hydrogens (primary N) is 1. The van der Waals surface area contributed by atoms with E-state index in [4.69, 9.17) is 10.2 Å². The van der Waals surface area contributed by atoms with Crippen LogP contribution in [0.25, 0.3) is 0 Å². The molecule has 0 radical (unpaired) electrons. The van der Waals surface area contributed by atoms with Crippen molar-refractivity contribution in [1.29, 1.82) is 0 Å². The van der Waals surface area contributed by atoms with Gasteiger partial charge in [-0.05, 0) is 25.6 Å². The van der Waals surface area contributed by atoms with Gasteiger partial charge in [0.2, 0.25) is 0 Å². The molecule has 1 atom stereocenters. The number of rotatable bonds is 3. The Morgan fingerprint density at radius 3 is 2.83 bits per heavy atom. The molecule has 2 rings (SSSR count). The van der Waals surface area contributed by atoms with Gasteiger partial charge in [-0.1, -0.05) is 6.92 Å². The molecule has 1 unspecified atom stereocenters. The molecule has 0 saturated carbocycles. The minimum atomic E-state index is -0.0303. The number of carbonyl (C=O) groups is 1. The minimum absolute atomic E-state index is 0.0303. The van der Waals surface area contributed by atoms with Gasteiger partial charge < -0.3 is 15.1 Å². The summed E-state index contributed by atoms with van der Waals surface area (Å²) in [6, 6.07) is 3.87. The Morgan fingerprint density at radius 2 is 2.28 bits per heavy atom. The van der Waals surface area contributed by atoms with Gasteiger partial charge in [-0.25, -0.2) is 0 Å². The number of hydrogen-bond donors (Lipinski definition) is 1. The lowest BCUT2D eigenvalue weighted by atomic mass is 10.2. The molecule has 0 aliphatic carbocycles. The molecule has 0 aromatic carbocycles. The van der Waals surface area contributed by atoms with Crippen LogP contribution in [0.3, 0.4) is 0 Å². The molecule has 5 heteroatoms. The molecule has 5 nitrogen and oxygen atoms in total. The lowest BCUT2D eigenvalue weighted by molar-refractivity contribution is 0.0498. The molecule has 100 valence electrons. The first kappa shape index (κ1) is 13.1. The van der Waals surface area contributed by atoms with Crippen molar-refractivity contribution >= 4 is 5.91 Å². The first-order chi connectivity index (χ1) is 8.65. The second kappa shape index (κ2) is 5.54. The van der Waals surface area contributed by atoms with Gasteiger partial charge in [-0.3, -0.25) is 9.69 Å². The summed E-state index contributed by atoms with van der Waals surface area (Å²) in [6.45, 7) is 8.09. The van der Waals surface area contributed by atoms with Gasteiger partial charge in [-0.2, -0.15) is 0 Å². The third kappa shape index (κ3) is 2.57. The van der Waals surface area contributed by atoms with E-state index >= 15 is 0 Å². The molecule has 1 fully saturated rings. The van der Waals surface area contributed by atoms with Crippen LogP contribution in [0.5, 0.6) is 0 Å². The fourth-order valence-electron chi connectivity index (χ4n) is 2.41. The number of piperazine rings is 1. The highest BCUT2D eigenvalue weighted by molar-refractivity contribution is 5.91. The number of amides is 1. The fourth-order valence-corrected chi connectivity index (χ4v) is 2.41. The standard InChI is InChI=1S/C13H21N3O2/c1-3-15-6-7-16(9-10(15)2)13(17)12-5-4-11(8-14)18-12/h4-5,10H,3,6-9,14H2,1-2H3. The molecule has 1 aliphatic rings. The number of likely N-dealkylation sites (N-methyl/N-ethyl adjacent to an activating group) is 1. The summed E-state index contributed by atoms with van der Waals surface area (Å²) in [7, 11) is 0. The Bertz CT molecular complexity index is 416. The number of nitrogens with zero attached hydrogens (tertiary/aromatic N) is 2. The van der Waals surface area contributed by atoms with Crippen molar-refractivity contribution in [2.45, 2.75) is 26.4 Å². The van der Waals surface area contributed by atoms with Crippen molar-refractivity contribution in [3.63, 3.8) is 0 Å². The Hall–Kier alpha value is -1.33. The van der Waals surface area contributed by atoms with E-state index in [1.165, 1.54) is 0 Å². The molecule has 1 saturated heterocycles. The van der Waals surface area contributed by atoms with Gasteiger partial charge in [0.25, 0.3) is 5.91 Å². The van der Waals surface area contributed by atoms with E-state index in [0.717, 1.165) is 26.2 Å². The maximum atomic E-state index is 12.2. The third-order valence-corrected chi connectivity index (χ3v) is 3.53. The highest BCUT2D eigenvalue weighted by atomic mass is 16.4. The zero-order valence-corrected chi connectivity index (χ0v) is 11.1. The highest BCUT2D eigenvalue weighted by Gasteiger charge is 2.27. The topological polar surface area (TPSA) is 62.7 Å². The monoisotopic (exact) mass is 251 g/mol. The summed E-state index contributed by atoms with van der Waals surface area (Å²) in [5, 5.41) is 0. The highest BCUT2D eigenvalue weighted by Crippen LogP contribution is 2.15. The normalized spacial score (nSPS) is 21.3. The van der Waals surface area contributed by atoms with Crippen LogP contribution in [-0.4, -0.2) is 47.9 Å². The first-order valence-corrected chi connectivity index (χ1v) is 6.47. The summed E-state index contributed by atoms with van der Waals surface area (Å²) in [5.74, 6) is 1.02. The van der Waals surface area contributed by atoms with Crippen LogP contribution < -0.4 is 5.73 Å². The lowest BCUT2D eigenvalue weighted by Gasteiger charge is -2.38. The van der Waals surface area contributed by atoms with Crippen molar-refractivity contribution in [2.24, 2.45) is 5.73 Å². The van der Waals surface area contributed by atoms with Gasteiger partial charge in [0.05, 0.1) is 6.54 Å². The van der Waals surface area contributed by atoms with Crippen molar-refractivity contribution in [3.05, 3.63) is 23.7 Å². The second-order valence-corrected chi connectivity index (χ2v) is 4.70. The van der Waals surface area contributed by atoms with E-state index in [-0.39, 0.29) is 5.91 Å². The third-order valence-electron chi connectivity index (χ3n) is 3.53. The Labute approximate surface area is 108 Å². The lowest BCUT2D eigenvalue weighted by Crippen LogP contribution is -2.53. The summed E-state index contributed by atoms with van der Waals surface area (Å²) in [4.78, 5) is 16.5. The molecule has 1 amide bonds. The van der Waals surface area contributed by atoms with Gasteiger partial charge in [0, 0.05) is 25.7 Å². The number of hydrogen-bond acceptors (Lipinski definition) is 4. The van der Waals surface area contributed by atoms with Crippen molar-refractivity contribution < 1.29 is 9.21 Å². The predicted molar refractivity (Wildman–Crippen MR) is 69.2 cm³/mol. The molecule has 0 bridgehead atoms. The van der Waals surface area contributed by atoms with Crippen LogP contribution in [0, 0.1) is 0 Å². The summed E-state index contributed by atoms with van der Waals surface area (Å²) < 4.78 is 5.41. The maximum Gasteiger partial charge on any atom is 0.289 e. The quantitative estimate of drug-likeness (QED) is 0.867. The Balaban J connectivity index is 2.02. The predicted octanol–water partition coefficient (Wildman–Crippen LogP) is 0.904. The van der Waals surface area contributed by atoms with Crippen molar-refractivity contribution in [2.75, 3.05) is 26.2 Å². The number of carbonyl (C=O) groups excluding carboxylic acids is 1. The Morgan fingerprint density at radius 1 is 1.50 bits per heavy atom. The van der Waals surface area contributed by atoms with Gasteiger partial charge in [0.15, 0.2) is 5.76 Å². The van der Waals surface area contributed by atoms with Crippen LogP contribution in [-0.2, 0) is 6.54 Å². The zero-order valence-electron chi connectivity index (χ0n) is 11.1. The van der Waals surface area contributed by atoms with Crippen LogP contribution in [0.2, 0.25) is 0 Å². The van der Waals surface area contributed by atoms with Crippen LogP contribution in [0.4, 0.5) is 0 Å². The molecule has 1 aliphatic heterocycles. The van der Waals surface area contributed by atoms with Crippen LogP contribution in [0.1, 0.15) is 30.2 Å². The van der Waals surface area contributed by atoms with E-state index in [1.807, 2.05) is 4.90 Å². The smallest absolute Gasteiger partial charge is 0.289 e. The molecular formula is C13H21N3O2. The van der Waals surface area contributed by atoms with E-state index in [1.54, 1.807) is 12.1 Å². The molecule has 0 spiro atoms. The molecule has 2 heterocycles.